The van der Waals surface area contributed by atoms with Crippen LogP contribution in [0.3, 0.4) is 0 Å². The van der Waals surface area contributed by atoms with Gasteiger partial charge in [-0.1, -0.05) is 31.9 Å². The lowest BCUT2D eigenvalue weighted by atomic mass is 9.95. The van der Waals surface area contributed by atoms with E-state index in [-0.39, 0.29) is 0 Å². The number of pyridine rings is 1. The van der Waals surface area contributed by atoms with E-state index in [1.165, 1.54) is 32.1 Å². The van der Waals surface area contributed by atoms with Crippen molar-refractivity contribution in [2.24, 2.45) is 7.05 Å². The number of nitrogens with one attached hydrogen (secondary N) is 1. The van der Waals surface area contributed by atoms with Crippen molar-refractivity contribution in [2.75, 3.05) is 5.32 Å². The number of nitrogens with zero attached hydrogens (tertiary/aromatic N) is 6. The Bertz CT molecular complexity index is 1200. The average molecular weight is 400 g/mol. The molecule has 0 radical (unpaired) electrons. The molecule has 0 spiro atoms. The Labute approximate surface area is 175 Å². The van der Waals surface area contributed by atoms with E-state index in [2.05, 4.69) is 43.8 Å². The molecule has 0 aromatic carbocycles. The predicted molar refractivity (Wildman–Crippen MR) is 119 cm³/mol. The van der Waals surface area contributed by atoms with Gasteiger partial charge in [-0.15, -0.1) is 0 Å². The summed E-state index contributed by atoms with van der Waals surface area (Å²) in [5.41, 5.74) is 5.04. The van der Waals surface area contributed by atoms with Crippen molar-refractivity contribution in [3.63, 3.8) is 0 Å². The monoisotopic (exact) mass is 399 g/mol. The second kappa shape index (κ2) is 7.74. The third-order valence-electron chi connectivity index (χ3n) is 5.83. The van der Waals surface area contributed by atoms with Crippen molar-refractivity contribution in [3.05, 3.63) is 55.3 Å². The van der Waals surface area contributed by atoms with Gasteiger partial charge in [0.05, 0.1) is 17.6 Å². The van der Waals surface area contributed by atoms with Crippen molar-refractivity contribution in [1.29, 1.82) is 0 Å². The highest BCUT2D eigenvalue weighted by Gasteiger charge is 2.23. The van der Waals surface area contributed by atoms with Gasteiger partial charge < -0.3 is 9.88 Å². The highest BCUT2D eigenvalue weighted by Crippen LogP contribution is 2.37. The maximum atomic E-state index is 4.93. The standard InChI is InChI=1S/C23H25N7/c1-3-16-12-24-10-9-20(16)27-23-25-13-17-11-21(18-14-26-29(2)15-18)30(22(17)28-23)19-7-5-4-6-8-19/h3,9-15,19H,1,4-8H2,2H3,(H,24,25,27,28). The molecule has 30 heavy (non-hydrogen) atoms. The zero-order valence-corrected chi connectivity index (χ0v) is 17.1. The molecule has 0 atom stereocenters. The van der Waals surface area contributed by atoms with Crippen LogP contribution in [0.25, 0.3) is 28.4 Å². The molecule has 0 amide bonds. The number of hydrogen-bond donors (Lipinski definition) is 1. The number of anilines is 2. The second-order valence-electron chi connectivity index (χ2n) is 7.86. The first kappa shape index (κ1) is 18.5. The van der Waals surface area contributed by atoms with Crippen molar-refractivity contribution in [2.45, 2.75) is 38.1 Å². The third kappa shape index (κ3) is 3.36. The first-order valence-corrected chi connectivity index (χ1v) is 10.4. The smallest absolute Gasteiger partial charge is 0.229 e. The minimum atomic E-state index is 0.443. The Kier molecular flexibility index (Phi) is 4.78. The summed E-state index contributed by atoms with van der Waals surface area (Å²) < 4.78 is 4.25. The van der Waals surface area contributed by atoms with Gasteiger partial charge in [0.1, 0.15) is 5.65 Å². The zero-order valence-electron chi connectivity index (χ0n) is 17.1. The van der Waals surface area contributed by atoms with E-state index in [9.17, 15) is 0 Å². The lowest BCUT2D eigenvalue weighted by molar-refractivity contribution is 0.362. The summed E-state index contributed by atoms with van der Waals surface area (Å²) in [4.78, 5) is 13.7. The van der Waals surface area contributed by atoms with Gasteiger partial charge >= 0.3 is 0 Å². The summed E-state index contributed by atoms with van der Waals surface area (Å²) in [6.07, 6.45) is 17.4. The number of aryl methyl sites for hydroxylation is 1. The van der Waals surface area contributed by atoms with E-state index in [1.54, 1.807) is 18.5 Å². The summed E-state index contributed by atoms with van der Waals surface area (Å²) >= 11 is 0. The van der Waals surface area contributed by atoms with Crippen molar-refractivity contribution < 1.29 is 0 Å². The maximum Gasteiger partial charge on any atom is 0.229 e. The topological polar surface area (TPSA) is 73.5 Å². The van der Waals surface area contributed by atoms with Crippen LogP contribution < -0.4 is 5.32 Å². The predicted octanol–water partition coefficient (Wildman–Crippen LogP) is 5.12. The molecule has 1 N–H and O–H groups in total. The molecule has 4 aromatic heterocycles. The molecular weight excluding hydrogens is 374 g/mol. The Balaban J connectivity index is 1.62. The average Bonchev–Trinajstić information content (AvgIpc) is 3.38. The summed E-state index contributed by atoms with van der Waals surface area (Å²) in [7, 11) is 1.95. The Morgan fingerprint density at radius 1 is 1.17 bits per heavy atom. The fourth-order valence-corrected chi connectivity index (χ4v) is 4.36. The van der Waals surface area contributed by atoms with Gasteiger partial charge in [-0.2, -0.15) is 10.1 Å². The first-order chi connectivity index (χ1) is 14.7. The highest BCUT2D eigenvalue weighted by molar-refractivity contribution is 5.85. The van der Waals surface area contributed by atoms with E-state index < -0.39 is 0 Å². The Morgan fingerprint density at radius 3 is 2.80 bits per heavy atom. The number of aromatic nitrogens is 6. The van der Waals surface area contributed by atoms with Gasteiger partial charge in [-0.25, -0.2) is 4.98 Å². The van der Waals surface area contributed by atoms with Crippen molar-refractivity contribution in [3.8, 4) is 11.3 Å². The van der Waals surface area contributed by atoms with Crippen LogP contribution in [0.4, 0.5) is 11.6 Å². The molecular formula is C23H25N7. The van der Waals surface area contributed by atoms with Crippen LogP contribution in [0.1, 0.15) is 43.7 Å². The van der Waals surface area contributed by atoms with Crippen LogP contribution >= 0.6 is 0 Å². The van der Waals surface area contributed by atoms with Crippen LogP contribution in [-0.4, -0.2) is 29.3 Å². The molecule has 152 valence electrons. The molecule has 7 nitrogen and oxygen atoms in total. The molecule has 4 heterocycles. The Hall–Kier alpha value is -3.48. The lowest BCUT2D eigenvalue weighted by Crippen LogP contribution is -2.14. The molecule has 0 aliphatic heterocycles. The molecule has 0 bridgehead atoms. The zero-order chi connectivity index (χ0) is 20.5. The van der Waals surface area contributed by atoms with Crippen molar-refractivity contribution >= 4 is 28.7 Å². The van der Waals surface area contributed by atoms with Gasteiger partial charge in [0.25, 0.3) is 0 Å². The third-order valence-corrected chi connectivity index (χ3v) is 5.83. The van der Waals surface area contributed by atoms with E-state index in [4.69, 9.17) is 4.98 Å². The molecule has 1 saturated carbocycles. The van der Waals surface area contributed by atoms with Gasteiger partial charge in [-0.3, -0.25) is 9.67 Å². The first-order valence-electron chi connectivity index (χ1n) is 10.4. The van der Waals surface area contributed by atoms with Gasteiger partial charge in [0, 0.05) is 54.4 Å². The highest BCUT2D eigenvalue weighted by atomic mass is 15.2. The summed E-state index contributed by atoms with van der Waals surface area (Å²) in [6, 6.07) is 4.54. The molecule has 0 unspecified atom stereocenters. The van der Waals surface area contributed by atoms with Gasteiger partial charge in [0.2, 0.25) is 5.95 Å². The molecule has 1 fully saturated rings. The molecule has 0 saturated heterocycles. The van der Waals surface area contributed by atoms with Crippen LogP contribution in [0.5, 0.6) is 0 Å². The van der Waals surface area contributed by atoms with Crippen LogP contribution in [0.15, 0.2) is 49.7 Å². The summed E-state index contributed by atoms with van der Waals surface area (Å²) in [5.74, 6) is 0.574. The molecule has 5 rings (SSSR count). The van der Waals surface area contributed by atoms with Crippen molar-refractivity contribution in [1.82, 2.24) is 29.3 Å². The van der Waals surface area contributed by atoms with E-state index in [1.807, 2.05) is 30.2 Å². The van der Waals surface area contributed by atoms with Crippen LogP contribution in [0.2, 0.25) is 0 Å². The quantitative estimate of drug-likeness (QED) is 0.504. The summed E-state index contributed by atoms with van der Waals surface area (Å²) in [6.45, 7) is 3.86. The maximum absolute atomic E-state index is 4.93. The van der Waals surface area contributed by atoms with Gasteiger partial charge in [-0.05, 0) is 25.0 Å². The largest absolute Gasteiger partial charge is 0.323 e. The minimum Gasteiger partial charge on any atom is -0.323 e. The molecule has 7 heteroatoms. The SMILES string of the molecule is C=Cc1cnccc1Nc1ncc2cc(-c3cnn(C)c3)n(C3CCCCC3)c2n1. The van der Waals surface area contributed by atoms with E-state index in [0.717, 1.165) is 33.5 Å². The number of rotatable bonds is 5. The normalized spacial score (nSPS) is 14.8. The fraction of sp³-hybridized carbons (Fsp3) is 0.304. The minimum absolute atomic E-state index is 0.443. The number of hydrogen-bond acceptors (Lipinski definition) is 5. The van der Waals surface area contributed by atoms with E-state index >= 15 is 0 Å². The molecule has 4 aromatic rings. The second-order valence-corrected chi connectivity index (χ2v) is 7.86. The summed E-state index contributed by atoms with van der Waals surface area (Å²) in [5, 5.41) is 8.76. The lowest BCUT2D eigenvalue weighted by Gasteiger charge is -2.25. The molecule has 1 aliphatic rings. The fourth-order valence-electron chi connectivity index (χ4n) is 4.36. The van der Waals surface area contributed by atoms with Crippen LogP contribution in [-0.2, 0) is 7.05 Å². The van der Waals surface area contributed by atoms with Crippen LogP contribution in [0, 0.1) is 0 Å². The van der Waals surface area contributed by atoms with Gasteiger partial charge in [0.15, 0.2) is 0 Å². The Morgan fingerprint density at radius 2 is 2.03 bits per heavy atom. The van der Waals surface area contributed by atoms with E-state index in [0.29, 0.717) is 12.0 Å². The number of fused-ring (bicyclic) bond motifs is 1. The molecule has 1 aliphatic carbocycles.